The molecule has 6 aromatic carbocycles. The van der Waals surface area contributed by atoms with Crippen molar-refractivity contribution in [3.8, 4) is 50.6 Å². The summed E-state index contributed by atoms with van der Waals surface area (Å²) < 4.78 is 18.6. The lowest BCUT2D eigenvalue weighted by atomic mass is 9.97. The van der Waals surface area contributed by atoms with Crippen LogP contribution < -0.4 is 0 Å². The third-order valence-corrected chi connectivity index (χ3v) is 9.50. The lowest BCUT2D eigenvalue weighted by Crippen LogP contribution is -2.04. The molecular formula is C45H42O6. The molecule has 1 aliphatic heterocycles. The van der Waals surface area contributed by atoms with Gasteiger partial charge in [-0.3, -0.25) is 0 Å². The van der Waals surface area contributed by atoms with Gasteiger partial charge in [-0.1, -0.05) is 89.5 Å². The van der Waals surface area contributed by atoms with Gasteiger partial charge in [-0.05, 0) is 90.6 Å². The Morgan fingerprint density at radius 2 is 0.510 bits per heavy atom. The monoisotopic (exact) mass is 678 g/mol. The molecule has 51 heavy (non-hydrogen) atoms. The summed E-state index contributed by atoms with van der Waals surface area (Å²) in [4.78, 5) is 0. The summed E-state index contributed by atoms with van der Waals surface area (Å²) >= 11 is 0. The Morgan fingerprint density at radius 3 is 0.706 bits per heavy atom. The van der Waals surface area contributed by atoms with Crippen molar-refractivity contribution < 1.29 is 29.5 Å². The van der Waals surface area contributed by atoms with Gasteiger partial charge in [0.1, 0.15) is 17.2 Å². The van der Waals surface area contributed by atoms with Crippen LogP contribution in [0.25, 0.3) is 33.4 Å². The molecule has 0 amide bonds. The topological polar surface area (TPSA) is 88.4 Å². The number of benzene rings is 6. The number of aromatic hydroxyl groups is 3. The minimum atomic E-state index is 0.0945. The van der Waals surface area contributed by atoms with Crippen molar-refractivity contribution in [1.29, 1.82) is 0 Å². The van der Waals surface area contributed by atoms with E-state index in [1.807, 2.05) is 57.2 Å². The molecule has 6 aromatic rings. The average molecular weight is 679 g/mol. The Morgan fingerprint density at radius 1 is 0.314 bits per heavy atom. The highest BCUT2D eigenvalue weighted by atomic mass is 16.5. The van der Waals surface area contributed by atoms with Gasteiger partial charge in [0.25, 0.3) is 0 Å². The zero-order valence-corrected chi connectivity index (χ0v) is 29.2. The fraction of sp³-hybridized carbons (Fsp3) is 0.200. The van der Waals surface area contributed by atoms with E-state index in [2.05, 4.69) is 72.8 Å². The van der Waals surface area contributed by atoms with Gasteiger partial charge >= 0.3 is 0 Å². The van der Waals surface area contributed by atoms with E-state index in [4.69, 9.17) is 14.2 Å². The molecule has 1 aliphatic rings. The molecule has 0 saturated carbocycles. The number of phenolic OH excluding ortho intramolecular Hbond substituents is 3. The number of fused-ring (bicyclic) bond motifs is 6. The second kappa shape index (κ2) is 14.8. The molecule has 6 bridgehead atoms. The van der Waals surface area contributed by atoms with Gasteiger partial charge in [-0.25, -0.2) is 0 Å². The number of phenols is 3. The van der Waals surface area contributed by atoms with Crippen molar-refractivity contribution in [2.24, 2.45) is 0 Å². The van der Waals surface area contributed by atoms with Crippen molar-refractivity contribution in [2.45, 2.75) is 60.4 Å². The molecule has 1 heterocycles. The predicted octanol–water partition coefficient (Wildman–Crippen LogP) is 10.2. The molecule has 0 saturated heterocycles. The van der Waals surface area contributed by atoms with Crippen LogP contribution in [-0.2, 0) is 53.9 Å². The maximum absolute atomic E-state index is 11.5. The first kappa shape index (κ1) is 34.1. The van der Waals surface area contributed by atoms with Gasteiger partial charge in [-0.2, -0.15) is 0 Å². The summed E-state index contributed by atoms with van der Waals surface area (Å²) in [5, 5.41) is 34.5. The zero-order chi connectivity index (χ0) is 35.5. The summed E-state index contributed by atoms with van der Waals surface area (Å²) in [6.45, 7) is 6.82. The number of ether oxygens (including phenoxy) is 3. The zero-order valence-electron chi connectivity index (χ0n) is 29.2. The Bertz CT molecular complexity index is 1840. The molecule has 0 radical (unpaired) electrons. The largest absolute Gasteiger partial charge is 0.507 e. The number of hydrogen-bond acceptors (Lipinski definition) is 6. The number of rotatable bonds is 3. The molecule has 0 aliphatic carbocycles. The van der Waals surface area contributed by atoms with Crippen LogP contribution in [0.5, 0.6) is 17.2 Å². The van der Waals surface area contributed by atoms with Crippen molar-refractivity contribution in [1.82, 2.24) is 0 Å². The fourth-order valence-corrected chi connectivity index (χ4v) is 6.49. The normalized spacial score (nSPS) is 13.7. The molecule has 6 heteroatoms. The van der Waals surface area contributed by atoms with Gasteiger partial charge in [-0.15, -0.1) is 0 Å². The average Bonchev–Trinajstić information content (AvgIpc) is 3.13. The molecule has 6 nitrogen and oxygen atoms in total. The minimum absolute atomic E-state index is 0.0945. The summed E-state index contributed by atoms with van der Waals surface area (Å²) in [6.07, 6.45) is 0. The standard InChI is InChI=1S/C45H42O6/c1-28-4-10-31(11-5-28)34-16-37-22-49-24-39-18-35(32-12-6-29(2)7-13-32)20-41(44(39)47)26-51-27-42-21-36(33-14-8-30(3)9-15-33)19-40(45(42)48)25-50-23-38(17-34)43(37)46/h4-21,46-48H,22-27H2,1-3H3. The Balaban J connectivity index is 1.32. The second-order valence-electron chi connectivity index (χ2n) is 13.5. The predicted molar refractivity (Wildman–Crippen MR) is 200 cm³/mol. The molecule has 0 aromatic heterocycles. The van der Waals surface area contributed by atoms with Crippen LogP contribution in [0.3, 0.4) is 0 Å². The van der Waals surface area contributed by atoms with Crippen LogP contribution in [0, 0.1) is 20.8 Å². The van der Waals surface area contributed by atoms with E-state index in [1.54, 1.807) is 0 Å². The highest BCUT2D eigenvalue weighted by Gasteiger charge is 2.18. The highest BCUT2D eigenvalue weighted by molar-refractivity contribution is 5.70. The second-order valence-corrected chi connectivity index (χ2v) is 13.5. The SMILES string of the molecule is Cc1ccc(-c2cc3c(O)c(c2)COCc2cc(-c4ccc(C)cc4)cc(c2O)COCc2cc(-c4ccc(C)cc4)cc(c2O)COC3)cc1. The van der Waals surface area contributed by atoms with Gasteiger partial charge in [0.05, 0.1) is 39.6 Å². The quantitative estimate of drug-likeness (QED) is 0.173. The van der Waals surface area contributed by atoms with Crippen LogP contribution in [0.15, 0.2) is 109 Å². The van der Waals surface area contributed by atoms with Crippen LogP contribution in [0.2, 0.25) is 0 Å². The first-order valence-electron chi connectivity index (χ1n) is 17.2. The lowest BCUT2D eigenvalue weighted by molar-refractivity contribution is 0.0932. The molecule has 0 spiro atoms. The summed E-state index contributed by atoms with van der Waals surface area (Å²) in [5.41, 5.74) is 12.9. The van der Waals surface area contributed by atoms with Gasteiger partial charge in [0.15, 0.2) is 0 Å². The minimum Gasteiger partial charge on any atom is -0.507 e. The molecule has 0 fully saturated rings. The lowest BCUT2D eigenvalue weighted by Gasteiger charge is -2.18. The van der Waals surface area contributed by atoms with Crippen molar-refractivity contribution in [2.75, 3.05) is 0 Å². The first-order chi connectivity index (χ1) is 24.7. The van der Waals surface area contributed by atoms with Gasteiger partial charge in [0.2, 0.25) is 0 Å². The Kier molecular flexibility index (Phi) is 9.91. The number of hydrogen-bond donors (Lipinski definition) is 3. The maximum Gasteiger partial charge on any atom is 0.126 e. The van der Waals surface area contributed by atoms with Crippen molar-refractivity contribution in [3.63, 3.8) is 0 Å². The van der Waals surface area contributed by atoms with E-state index in [-0.39, 0.29) is 56.9 Å². The Hall–Kier alpha value is -5.40. The number of aryl methyl sites for hydroxylation is 3. The third-order valence-electron chi connectivity index (χ3n) is 9.50. The Labute approximate surface area is 299 Å². The summed E-state index contributed by atoms with van der Waals surface area (Å²) in [7, 11) is 0. The van der Waals surface area contributed by atoms with E-state index in [1.165, 1.54) is 0 Å². The molecule has 0 atom stereocenters. The molecule has 7 rings (SSSR count). The molecular weight excluding hydrogens is 636 g/mol. The van der Waals surface area contributed by atoms with Crippen LogP contribution >= 0.6 is 0 Å². The fourth-order valence-electron chi connectivity index (χ4n) is 6.49. The van der Waals surface area contributed by atoms with E-state index < -0.39 is 0 Å². The molecule has 258 valence electrons. The highest BCUT2D eigenvalue weighted by Crippen LogP contribution is 2.37. The smallest absolute Gasteiger partial charge is 0.126 e. The molecule has 0 unspecified atom stereocenters. The maximum atomic E-state index is 11.5. The van der Waals surface area contributed by atoms with Crippen LogP contribution in [0.1, 0.15) is 50.1 Å². The van der Waals surface area contributed by atoms with E-state index >= 15 is 0 Å². The van der Waals surface area contributed by atoms with E-state index in [9.17, 15) is 15.3 Å². The van der Waals surface area contributed by atoms with E-state index in [0.717, 1.165) is 50.1 Å². The van der Waals surface area contributed by atoms with Gasteiger partial charge in [0, 0.05) is 33.4 Å². The first-order valence-corrected chi connectivity index (χ1v) is 17.2. The van der Waals surface area contributed by atoms with E-state index in [0.29, 0.717) is 33.4 Å². The summed E-state index contributed by atoms with van der Waals surface area (Å²) in [5.74, 6) is 0.283. The van der Waals surface area contributed by atoms with Crippen molar-refractivity contribution >= 4 is 0 Å². The van der Waals surface area contributed by atoms with Crippen LogP contribution in [-0.4, -0.2) is 15.3 Å². The molecule has 3 N–H and O–H groups in total. The van der Waals surface area contributed by atoms with Crippen LogP contribution in [0.4, 0.5) is 0 Å². The van der Waals surface area contributed by atoms with Gasteiger partial charge < -0.3 is 29.5 Å². The third kappa shape index (κ3) is 7.69. The van der Waals surface area contributed by atoms with Crippen molar-refractivity contribution in [3.05, 3.63) is 159 Å². The summed E-state index contributed by atoms with van der Waals surface area (Å²) in [6, 6.07) is 36.3.